The Morgan fingerprint density at radius 3 is 2.50 bits per heavy atom. The molecule has 0 aromatic heterocycles. The first-order valence-electron chi connectivity index (χ1n) is 1.69. The van der Waals surface area contributed by atoms with E-state index in [1.807, 2.05) is 0 Å². The zero-order chi connectivity index (χ0) is 6.57. The molecule has 0 saturated heterocycles. The smallest absolute Gasteiger partial charge is 0.199 e. The molecule has 0 rings (SSSR count). The molecule has 5 nitrogen and oxygen atoms in total. The Labute approximate surface area is 48.9 Å². The second-order valence-corrected chi connectivity index (χ2v) is 1.75. The Kier molecular flexibility index (Phi) is 3.33. The molecule has 2 N–H and O–H groups in total. The van der Waals surface area contributed by atoms with Gasteiger partial charge in [-0.3, -0.25) is 5.21 Å². The predicted molar refractivity (Wildman–Crippen MR) is 28.8 cm³/mol. The molecular weight excluding hydrogens is 132 g/mol. The van der Waals surface area contributed by atoms with E-state index in [1.165, 1.54) is 7.05 Å². The van der Waals surface area contributed by atoms with Crippen LogP contribution in [0, 0.1) is 0 Å². The first-order chi connectivity index (χ1) is 3.63. The third kappa shape index (κ3) is 5.54. The average molecular weight is 138 g/mol. The molecule has 0 aromatic carbocycles. The maximum absolute atomic E-state index is 9.73. The zero-order valence-electron chi connectivity index (χ0n) is 4.18. The van der Waals surface area contributed by atoms with Gasteiger partial charge in [-0.05, 0) is 0 Å². The summed E-state index contributed by atoms with van der Waals surface area (Å²) in [5, 5.41) is 11.7. The minimum Gasteiger partial charge on any atom is -0.301 e. The molecule has 1 atom stereocenters. The average Bonchev–Trinajstić information content (AvgIpc) is 1.61. The van der Waals surface area contributed by atoms with Crippen LogP contribution in [0.5, 0.6) is 0 Å². The summed E-state index contributed by atoms with van der Waals surface area (Å²) < 4.78 is 17.7. The normalized spacial score (nSPS) is 14.4. The number of hydrazone groups is 1. The predicted octanol–water partition coefficient (Wildman–Crippen LogP) is -0.528. The van der Waals surface area contributed by atoms with E-state index < -0.39 is 11.1 Å². The van der Waals surface area contributed by atoms with Crippen LogP contribution in [0.4, 0.5) is 0 Å². The molecule has 6 heteroatoms. The van der Waals surface area contributed by atoms with E-state index in [4.69, 9.17) is 9.76 Å². The lowest BCUT2D eigenvalue weighted by Gasteiger charge is -1.96. The van der Waals surface area contributed by atoms with Crippen molar-refractivity contribution in [1.82, 2.24) is 5.17 Å². The minimum absolute atomic E-state index is 0.439. The van der Waals surface area contributed by atoms with Crippen molar-refractivity contribution in [2.45, 2.75) is 0 Å². The van der Waals surface area contributed by atoms with Crippen LogP contribution in [-0.2, 0) is 11.1 Å². The molecule has 0 aliphatic heterocycles. The third-order valence-corrected chi connectivity index (χ3v) is 0.579. The van der Waals surface area contributed by atoms with Crippen molar-refractivity contribution in [1.29, 1.82) is 0 Å². The van der Waals surface area contributed by atoms with Crippen molar-refractivity contribution in [3.05, 3.63) is 0 Å². The van der Waals surface area contributed by atoms with E-state index in [1.54, 1.807) is 0 Å². The molecule has 0 amide bonds. The van der Waals surface area contributed by atoms with Gasteiger partial charge in [0.1, 0.15) is 5.55 Å². The molecule has 0 aliphatic rings. The van der Waals surface area contributed by atoms with Crippen molar-refractivity contribution < 1.29 is 14.0 Å². The standard InChI is InChI=1S/C2H6N2O3S/c1-4(5)3-2-8(6)7/h2,5H,1H3,(H,6,7)/b3-2+. The van der Waals surface area contributed by atoms with Gasteiger partial charge >= 0.3 is 0 Å². The number of rotatable bonds is 2. The van der Waals surface area contributed by atoms with Crippen LogP contribution in [0.2, 0.25) is 0 Å². The van der Waals surface area contributed by atoms with Gasteiger partial charge in [-0.15, -0.1) is 5.10 Å². The Balaban J connectivity index is 3.50. The first kappa shape index (κ1) is 7.54. The highest BCUT2D eigenvalue weighted by Gasteiger charge is 1.82. The van der Waals surface area contributed by atoms with E-state index in [-0.39, 0.29) is 0 Å². The molecule has 0 radical (unpaired) electrons. The van der Waals surface area contributed by atoms with Gasteiger partial charge in [0.05, 0.1) is 7.05 Å². The van der Waals surface area contributed by atoms with Crippen molar-refractivity contribution in [3.8, 4) is 0 Å². The van der Waals surface area contributed by atoms with E-state index in [0.717, 1.165) is 0 Å². The molecule has 0 spiro atoms. The van der Waals surface area contributed by atoms with Crippen LogP contribution in [0.25, 0.3) is 0 Å². The maximum Gasteiger partial charge on any atom is 0.199 e. The highest BCUT2D eigenvalue weighted by Crippen LogP contribution is 1.71. The van der Waals surface area contributed by atoms with Gasteiger partial charge in [-0.1, -0.05) is 0 Å². The van der Waals surface area contributed by atoms with Gasteiger partial charge in [-0.25, -0.2) is 4.21 Å². The van der Waals surface area contributed by atoms with E-state index >= 15 is 0 Å². The summed E-state index contributed by atoms with van der Waals surface area (Å²) in [6.07, 6.45) is 0. The van der Waals surface area contributed by atoms with Crippen LogP contribution in [0.15, 0.2) is 5.10 Å². The molecule has 0 aliphatic carbocycles. The fourth-order valence-corrected chi connectivity index (χ4v) is 0.326. The third-order valence-electron chi connectivity index (χ3n) is 0.304. The summed E-state index contributed by atoms with van der Waals surface area (Å²) in [5.74, 6) is 0. The topological polar surface area (TPSA) is 73.1 Å². The van der Waals surface area contributed by atoms with Gasteiger partial charge in [-0.2, -0.15) is 5.17 Å². The highest BCUT2D eigenvalue weighted by molar-refractivity contribution is 7.93. The highest BCUT2D eigenvalue weighted by atomic mass is 32.2. The Bertz CT molecular complexity index is 112. The molecule has 0 aromatic rings. The molecule has 48 valence electrons. The lowest BCUT2D eigenvalue weighted by atomic mass is 11.4. The van der Waals surface area contributed by atoms with Gasteiger partial charge in [0.25, 0.3) is 0 Å². The fourth-order valence-electron chi connectivity index (χ4n) is 0.109. The van der Waals surface area contributed by atoms with E-state index in [2.05, 4.69) is 5.10 Å². The minimum atomic E-state index is -2.08. The molecule has 1 unspecified atom stereocenters. The van der Waals surface area contributed by atoms with Gasteiger partial charge in [0.2, 0.25) is 0 Å². The zero-order valence-corrected chi connectivity index (χ0v) is 5.00. The fraction of sp³-hybridized carbons (Fsp3) is 0.500. The second kappa shape index (κ2) is 3.53. The summed E-state index contributed by atoms with van der Waals surface area (Å²) in [6.45, 7) is 0. The second-order valence-electron chi connectivity index (χ2n) is 0.986. The SMILES string of the molecule is CN(O)/N=C/S(=O)O. The summed E-state index contributed by atoms with van der Waals surface area (Å²) in [7, 11) is 1.23. The summed E-state index contributed by atoms with van der Waals surface area (Å²) in [4.78, 5) is 0. The van der Waals surface area contributed by atoms with Crippen LogP contribution in [0.3, 0.4) is 0 Å². The molecule has 0 fully saturated rings. The van der Waals surface area contributed by atoms with Gasteiger partial charge < -0.3 is 4.55 Å². The number of nitrogens with zero attached hydrogens (tertiary/aromatic N) is 2. The molecule has 0 heterocycles. The molecule has 0 saturated carbocycles. The lowest BCUT2D eigenvalue weighted by molar-refractivity contribution is -0.0620. The number of hydrogen-bond acceptors (Lipinski definition) is 4. The maximum atomic E-state index is 9.73. The summed E-state index contributed by atoms with van der Waals surface area (Å²) in [6, 6.07) is 0. The molecule has 0 bridgehead atoms. The van der Waals surface area contributed by atoms with E-state index in [0.29, 0.717) is 10.7 Å². The van der Waals surface area contributed by atoms with Crippen molar-refractivity contribution in [2.24, 2.45) is 5.10 Å². The monoisotopic (exact) mass is 138 g/mol. The van der Waals surface area contributed by atoms with Crippen LogP contribution in [0.1, 0.15) is 0 Å². The van der Waals surface area contributed by atoms with Crippen molar-refractivity contribution in [2.75, 3.05) is 7.05 Å². The Morgan fingerprint density at radius 2 is 2.38 bits per heavy atom. The van der Waals surface area contributed by atoms with Crippen LogP contribution in [-0.4, -0.2) is 31.7 Å². The Morgan fingerprint density at radius 1 is 1.88 bits per heavy atom. The van der Waals surface area contributed by atoms with Crippen molar-refractivity contribution in [3.63, 3.8) is 0 Å². The van der Waals surface area contributed by atoms with E-state index in [9.17, 15) is 4.21 Å². The molecule has 8 heavy (non-hydrogen) atoms. The number of hydrogen-bond donors (Lipinski definition) is 2. The molecular formula is C2H6N2O3S. The van der Waals surface area contributed by atoms with Crippen LogP contribution < -0.4 is 0 Å². The first-order valence-corrected chi connectivity index (χ1v) is 2.86. The van der Waals surface area contributed by atoms with Gasteiger partial charge in [0.15, 0.2) is 11.1 Å². The van der Waals surface area contributed by atoms with Gasteiger partial charge in [0, 0.05) is 0 Å². The Hall–Kier alpha value is -0.460. The summed E-state index contributed by atoms with van der Waals surface area (Å²) >= 11 is -2.08. The van der Waals surface area contributed by atoms with Crippen LogP contribution >= 0.6 is 0 Å². The number of hydroxylamine groups is 1. The van der Waals surface area contributed by atoms with Crippen molar-refractivity contribution >= 4 is 16.6 Å². The summed E-state index contributed by atoms with van der Waals surface area (Å²) in [5.41, 5.74) is 0.694. The quantitative estimate of drug-likeness (QED) is 0.233. The lowest BCUT2D eigenvalue weighted by Crippen LogP contribution is -2.04. The largest absolute Gasteiger partial charge is 0.301 e.